The Kier molecular flexibility index (Phi) is 5.15. The first-order chi connectivity index (χ1) is 10.4. The van der Waals surface area contributed by atoms with Crippen molar-refractivity contribution in [1.29, 1.82) is 0 Å². The van der Waals surface area contributed by atoms with Crippen LogP contribution in [0.1, 0.15) is 23.2 Å². The lowest BCUT2D eigenvalue weighted by atomic mass is 9.99. The predicted molar refractivity (Wildman–Crippen MR) is 78.3 cm³/mol. The van der Waals surface area contributed by atoms with Crippen LogP contribution in [-0.2, 0) is 14.8 Å². The molecule has 2 N–H and O–H groups in total. The minimum atomic E-state index is -3.95. The monoisotopic (exact) mass is 330 g/mol. The first kappa shape index (κ1) is 16.9. The van der Waals surface area contributed by atoms with Gasteiger partial charge in [0.1, 0.15) is 5.82 Å². The molecule has 0 atom stereocenters. The summed E-state index contributed by atoms with van der Waals surface area (Å²) in [4.78, 5) is 11.4. The second-order valence-electron chi connectivity index (χ2n) is 5.22. The number of rotatable bonds is 4. The molecule has 1 heterocycles. The molecule has 6 nitrogen and oxygen atoms in total. The van der Waals surface area contributed by atoms with Crippen molar-refractivity contribution in [1.82, 2.24) is 4.31 Å². The summed E-state index contributed by atoms with van der Waals surface area (Å²) >= 11 is 0. The van der Waals surface area contributed by atoms with Gasteiger partial charge in [-0.05, 0) is 43.5 Å². The third kappa shape index (κ3) is 3.29. The normalized spacial score (nSPS) is 17.4. The number of nitrogens with zero attached hydrogens (tertiary/aromatic N) is 1. The van der Waals surface area contributed by atoms with E-state index in [1.165, 1.54) is 4.31 Å². The Morgan fingerprint density at radius 3 is 2.59 bits per heavy atom. The van der Waals surface area contributed by atoms with Crippen LogP contribution in [0.4, 0.5) is 4.39 Å². The number of methoxy groups -OCH3 is 1. The van der Waals surface area contributed by atoms with Crippen LogP contribution in [0.3, 0.4) is 0 Å². The van der Waals surface area contributed by atoms with Crippen molar-refractivity contribution < 1.29 is 22.3 Å². The standard InChI is InChI=1S/C14H19FN2O4S/c1-21-14(18)12-3-2-11(15)8-13(12)22(19,20)17-6-4-10(9-16)5-7-17/h2-3,8,10H,4-7,9,16H2,1H3. The lowest BCUT2D eigenvalue weighted by Gasteiger charge is -2.30. The minimum absolute atomic E-state index is 0.162. The Hall–Kier alpha value is -1.51. The average Bonchev–Trinajstić information content (AvgIpc) is 2.54. The number of halogens is 1. The Morgan fingerprint density at radius 1 is 1.41 bits per heavy atom. The van der Waals surface area contributed by atoms with Crippen LogP contribution in [0.25, 0.3) is 0 Å². The van der Waals surface area contributed by atoms with E-state index in [1.807, 2.05) is 0 Å². The molecule has 22 heavy (non-hydrogen) atoms. The Labute approximate surface area is 129 Å². The van der Waals surface area contributed by atoms with Gasteiger partial charge >= 0.3 is 5.97 Å². The van der Waals surface area contributed by atoms with E-state index in [-0.39, 0.29) is 10.5 Å². The summed E-state index contributed by atoms with van der Waals surface area (Å²) in [5.41, 5.74) is 5.43. The summed E-state index contributed by atoms with van der Waals surface area (Å²) in [7, 11) is -2.80. The molecule has 0 amide bonds. The van der Waals surface area contributed by atoms with Gasteiger partial charge in [-0.3, -0.25) is 0 Å². The van der Waals surface area contributed by atoms with Gasteiger partial charge in [0.2, 0.25) is 10.0 Å². The van der Waals surface area contributed by atoms with Crippen LogP contribution in [-0.4, -0.2) is 45.4 Å². The fraction of sp³-hybridized carbons (Fsp3) is 0.500. The summed E-state index contributed by atoms with van der Waals surface area (Å²) in [6.07, 6.45) is 1.30. The van der Waals surface area contributed by atoms with Gasteiger partial charge in [0.15, 0.2) is 0 Å². The summed E-state index contributed by atoms with van der Waals surface area (Å²) in [6, 6.07) is 3.02. The van der Waals surface area contributed by atoms with Crippen molar-refractivity contribution >= 4 is 16.0 Å². The number of nitrogens with two attached hydrogens (primary N) is 1. The van der Waals surface area contributed by atoms with E-state index < -0.39 is 21.8 Å². The zero-order valence-electron chi connectivity index (χ0n) is 12.3. The SMILES string of the molecule is COC(=O)c1ccc(F)cc1S(=O)(=O)N1CCC(CN)CC1. The summed E-state index contributed by atoms with van der Waals surface area (Å²) < 4.78 is 44.7. The van der Waals surface area contributed by atoms with Gasteiger partial charge in [0.25, 0.3) is 0 Å². The maximum absolute atomic E-state index is 13.5. The van der Waals surface area contributed by atoms with Crippen LogP contribution in [0, 0.1) is 11.7 Å². The molecule has 1 aromatic rings. The lowest BCUT2D eigenvalue weighted by molar-refractivity contribution is 0.0596. The van der Waals surface area contributed by atoms with E-state index in [1.54, 1.807) is 0 Å². The number of hydrogen-bond acceptors (Lipinski definition) is 5. The number of sulfonamides is 1. The molecule has 1 fully saturated rings. The number of hydrogen-bond donors (Lipinski definition) is 1. The van der Waals surface area contributed by atoms with Crippen molar-refractivity contribution in [2.45, 2.75) is 17.7 Å². The molecule has 0 unspecified atom stereocenters. The van der Waals surface area contributed by atoms with Crippen molar-refractivity contribution in [3.8, 4) is 0 Å². The molecule has 1 saturated heterocycles. The highest BCUT2D eigenvalue weighted by Gasteiger charge is 2.32. The topological polar surface area (TPSA) is 89.7 Å². The number of ether oxygens (including phenoxy) is 1. The van der Waals surface area contributed by atoms with Crippen LogP contribution >= 0.6 is 0 Å². The fourth-order valence-corrected chi connectivity index (χ4v) is 4.17. The van der Waals surface area contributed by atoms with E-state index in [9.17, 15) is 17.6 Å². The quantitative estimate of drug-likeness (QED) is 0.831. The summed E-state index contributed by atoms with van der Waals surface area (Å²) in [5.74, 6) is -1.24. The number of piperidine rings is 1. The van der Waals surface area contributed by atoms with Gasteiger partial charge in [0, 0.05) is 13.1 Å². The second-order valence-corrected chi connectivity index (χ2v) is 7.12. The molecule has 0 spiro atoms. The fourth-order valence-electron chi connectivity index (χ4n) is 2.51. The van der Waals surface area contributed by atoms with Crippen LogP contribution in [0.5, 0.6) is 0 Å². The molecule has 122 valence electrons. The highest BCUT2D eigenvalue weighted by atomic mass is 32.2. The molecule has 8 heteroatoms. The number of carbonyl (C=O) groups is 1. The van der Waals surface area contributed by atoms with Crippen LogP contribution < -0.4 is 5.73 Å². The molecule has 1 aromatic carbocycles. The van der Waals surface area contributed by atoms with Gasteiger partial charge < -0.3 is 10.5 Å². The largest absolute Gasteiger partial charge is 0.465 e. The maximum atomic E-state index is 13.5. The zero-order valence-corrected chi connectivity index (χ0v) is 13.1. The number of carbonyl (C=O) groups excluding carboxylic acids is 1. The van der Waals surface area contributed by atoms with E-state index in [0.717, 1.165) is 25.3 Å². The average molecular weight is 330 g/mol. The summed E-state index contributed by atoms with van der Waals surface area (Å²) in [5, 5.41) is 0. The molecule has 0 aromatic heterocycles. The molecule has 0 saturated carbocycles. The first-order valence-electron chi connectivity index (χ1n) is 6.98. The third-order valence-corrected chi connectivity index (χ3v) is 5.81. The Bertz CT molecular complexity index is 655. The maximum Gasteiger partial charge on any atom is 0.339 e. The highest BCUT2D eigenvalue weighted by molar-refractivity contribution is 7.89. The van der Waals surface area contributed by atoms with Crippen molar-refractivity contribution in [3.63, 3.8) is 0 Å². The van der Waals surface area contributed by atoms with Gasteiger partial charge in [-0.2, -0.15) is 4.31 Å². The number of esters is 1. The van der Waals surface area contributed by atoms with Gasteiger partial charge in [-0.15, -0.1) is 0 Å². The minimum Gasteiger partial charge on any atom is -0.465 e. The smallest absolute Gasteiger partial charge is 0.339 e. The van der Waals surface area contributed by atoms with Gasteiger partial charge in [-0.1, -0.05) is 0 Å². The molecule has 0 bridgehead atoms. The molecular formula is C14H19FN2O4S. The van der Waals surface area contributed by atoms with Crippen molar-refractivity contribution in [3.05, 3.63) is 29.6 Å². The summed E-state index contributed by atoms with van der Waals surface area (Å²) in [6.45, 7) is 1.13. The molecule has 2 rings (SSSR count). The van der Waals surface area contributed by atoms with E-state index in [2.05, 4.69) is 4.74 Å². The Balaban J connectivity index is 2.37. The first-order valence-corrected chi connectivity index (χ1v) is 8.42. The highest BCUT2D eigenvalue weighted by Crippen LogP contribution is 2.26. The van der Waals surface area contributed by atoms with Crippen molar-refractivity contribution in [2.75, 3.05) is 26.7 Å². The van der Waals surface area contributed by atoms with Gasteiger partial charge in [0.05, 0.1) is 17.6 Å². The Morgan fingerprint density at radius 2 is 2.05 bits per heavy atom. The van der Waals surface area contributed by atoms with E-state index in [4.69, 9.17) is 5.73 Å². The van der Waals surface area contributed by atoms with Gasteiger partial charge in [-0.25, -0.2) is 17.6 Å². The molecular weight excluding hydrogens is 311 g/mol. The van der Waals surface area contributed by atoms with Crippen LogP contribution in [0.2, 0.25) is 0 Å². The number of benzene rings is 1. The zero-order chi connectivity index (χ0) is 16.3. The second kappa shape index (κ2) is 6.72. The third-order valence-electron chi connectivity index (χ3n) is 3.87. The lowest BCUT2D eigenvalue weighted by Crippen LogP contribution is -2.40. The molecule has 1 aliphatic rings. The van der Waals surface area contributed by atoms with E-state index in [0.29, 0.717) is 38.4 Å². The van der Waals surface area contributed by atoms with Crippen molar-refractivity contribution in [2.24, 2.45) is 11.7 Å². The molecule has 0 radical (unpaired) electrons. The predicted octanol–water partition coefficient (Wildman–Crippen LogP) is 0.972. The molecule has 0 aliphatic carbocycles. The van der Waals surface area contributed by atoms with Crippen LogP contribution in [0.15, 0.2) is 23.1 Å². The molecule has 1 aliphatic heterocycles. The van der Waals surface area contributed by atoms with E-state index >= 15 is 0 Å².